The van der Waals surface area contributed by atoms with E-state index in [1.54, 1.807) is 41.3 Å². The van der Waals surface area contributed by atoms with Gasteiger partial charge in [-0.2, -0.15) is 0 Å². The highest BCUT2D eigenvalue weighted by Gasteiger charge is 2.34. The molecule has 0 radical (unpaired) electrons. The highest BCUT2D eigenvalue weighted by molar-refractivity contribution is 7.92. The second-order valence-corrected chi connectivity index (χ2v) is 12.9. The van der Waals surface area contributed by atoms with Gasteiger partial charge in [0, 0.05) is 12.6 Å². The topological polar surface area (TPSA) is 86.8 Å². The summed E-state index contributed by atoms with van der Waals surface area (Å²) in [6, 6.07) is 20.9. The molecule has 0 bridgehead atoms. The molecule has 2 amide bonds. The normalized spacial score (nSPS) is 14.4. The molecule has 3 aromatic rings. The number of rotatable bonds is 11. The minimum atomic E-state index is -4.08. The van der Waals surface area contributed by atoms with Gasteiger partial charge in [-0.15, -0.1) is 0 Å². The predicted octanol–water partition coefficient (Wildman–Crippen LogP) is 5.67. The maximum absolute atomic E-state index is 14.2. The first kappa shape index (κ1) is 30.3. The summed E-state index contributed by atoms with van der Waals surface area (Å²) in [6.07, 6.45) is 4.44. The van der Waals surface area contributed by atoms with E-state index in [9.17, 15) is 18.0 Å². The highest BCUT2D eigenvalue weighted by atomic mass is 32.2. The van der Waals surface area contributed by atoms with Crippen LogP contribution in [0, 0.1) is 20.8 Å². The number of carbonyl (C=O) groups excluding carboxylic acids is 2. The molecule has 1 fully saturated rings. The number of amides is 2. The van der Waals surface area contributed by atoms with E-state index in [1.165, 1.54) is 0 Å². The number of nitrogens with zero attached hydrogens (tertiary/aromatic N) is 2. The van der Waals surface area contributed by atoms with Crippen LogP contribution in [0.15, 0.2) is 77.7 Å². The Morgan fingerprint density at radius 3 is 2.07 bits per heavy atom. The van der Waals surface area contributed by atoms with Gasteiger partial charge in [0.05, 0.1) is 10.6 Å². The quantitative estimate of drug-likeness (QED) is 0.319. The first-order valence-electron chi connectivity index (χ1n) is 14.4. The van der Waals surface area contributed by atoms with Crippen molar-refractivity contribution in [2.24, 2.45) is 0 Å². The lowest BCUT2D eigenvalue weighted by Gasteiger charge is -2.34. The molecule has 7 nitrogen and oxygen atoms in total. The number of anilines is 1. The zero-order valence-electron chi connectivity index (χ0n) is 24.5. The standard InChI is InChI=1S/C33H41N3O4S/c1-5-31(33(38)34-28-11-6-7-12-28)35(22-27-10-8-9-26(4)21-27)32(37)23-36(29-17-13-24(2)14-18-29)41(39,40)30-19-15-25(3)16-20-30/h8-10,13-21,28,31H,5-7,11-12,22-23H2,1-4H3,(H,34,38)/t31-/m1/s1. The van der Waals surface area contributed by atoms with Crippen molar-refractivity contribution < 1.29 is 18.0 Å². The zero-order valence-corrected chi connectivity index (χ0v) is 25.3. The van der Waals surface area contributed by atoms with E-state index in [0.29, 0.717) is 12.1 Å². The Bertz CT molecular complexity index is 1450. The smallest absolute Gasteiger partial charge is 0.264 e. The molecule has 0 unspecified atom stereocenters. The molecule has 8 heteroatoms. The predicted molar refractivity (Wildman–Crippen MR) is 163 cm³/mol. The number of benzene rings is 3. The Balaban J connectivity index is 1.71. The summed E-state index contributed by atoms with van der Waals surface area (Å²) in [5.41, 5.74) is 4.23. The molecule has 1 aliphatic carbocycles. The number of hydrogen-bond acceptors (Lipinski definition) is 4. The van der Waals surface area contributed by atoms with Crippen molar-refractivity contribution in [1.82, 2.24) is 10.2 Å². The van der Waals surface area contributed by atoms with Crippen LogP contribution in [-0.2, 0) is 26.2 Å². The summed E-state index contributed by atoms with van der Waals surface area (Å²) in [5.74, 6) is -0.625. The molecule has 1 N–H and O–H groups in total. The van der Waals surface area contributed by atoms with E-state index in [2.05, 4.69) is 5.32 Å². The van der Waals surface area contributed by atoms with Gasteiger partial charge in [0.15, 0.2) is 0 Å². The molecular formula is C33H41N3O4S. The van der Waals surface area contributed by atoms with Crippen LogP contribution in [0.1, 0.15) is 61.3 Å². The van der Waals surface area contributed by atoms with Crippen molar-refractivity contribution in [3.8, 4) is 0 Å². The number of aryl methyl sites for hydroxylation is 3. The van der Waals surface area contributed by atoms with Gasteiger partial charge in [-0.3, -0.25) is 13.9 Å². The van der Waals surface area contributed by atoms with Crippen LogP contribution in [0.4, 0.5) is 5.69 Å². The summed E-state index contributed by atoms with van der Waals surface area (Å²) in [7, 11) is -4.08. The van der Waals surface area contributed by atoms with Gasteiger partial charge in [0.1, 0.15) is 12.6 Å². The Labute approximate surface area is 244 Å². The minimum Gasteiger partial charge on any atom is -0.352 e. The summed E-state index contributed by atoms with van der Waals surface area (Å²) in [6.45, 7) is 7.44. The van der Waals surface area contributed by atoms with Gasteiger partial charge >= 0.3 is 0 Å². The van der Waals surface area contributed by atoms with Gasteiger partial charge in [-0.05, 0) is 69.9 Å². The van der Waals surface area contributed by atoms with Crippen LogP contribution in [0.3, 0.4) is 0 Å². The van der Waals surface area contributed by atoms with Gasteiger partial charge in [-0.25, -0.2) is 8.42 Å². The first-order valence-corrected chi connectivity index (χ1v) is 15.8. The third kappa shape index (κ3) is 7.55. The van der Waals surface area contributed by atoms with Crippen LogP contribution in [-0.4, -0.2) is 43.8 Å². The van der Waals surface area contributed by atoms with Gasteiger partial charge in [0.25, 0.3) is 10.0 Å². The monoisotopic (exact) mass is 575 g/mol. The van der Waals surface area contributed by atoms with Crippen molar-refractivity contribution >= 4 is 27.5 Å². The molecule has 0 heterocycles. The van der Waals surface area contributed by atoms with Crippen molar-refractivity contribution in [3.05, 3.63) is 95.1 Å². The Morgan fingerprint density at radius 2 is 1.49 bits per heavy atom. The molecule has 41 heavy (non-hydrogen) atoms. The SMILES string of the molecule is CC[C@H](C(=O)NC1CCCC1)N(Cc1cccc(C)c1)C(=O)CN(c1ccc(C)cc1)S(=O)(=O)c1ccc(C)cc1. The van der Waals surface area contributed by atoms with E-state index in [4.69, 9.17) is 0 Å². The van der Waals surface area contributed by atoms with E-state index < -0.39 is 28.5 Å². The molecule has 0 saturated heterocycles. The van der Waals surface area contributed by atoms with E-state index >= 15 is 0 Å². The average Bonchev–Trinajstić information content (AvgIpc) is 3.45. The molecule has 4 rings (SSSR count). The molecule has 0 aliphatic heterocycles. The van der Waals surface area contributed by atoms with Crippen molar-refractivity contribution in [3.63, 3.8) is 0 Å². The van der Waals surface area contributed by atoms with Crippen molar-refractivity contribution in [2.45, 2.75) is 83.3 Å². The van der Waals surface area contributed by atoms with Gasteiger partial charge < -0.3 is 10.2 Å². The summed E-state index contributed by atoms with van der Waals surface area (Å²) in [4.78, 5) is 29.4. The van der Waals surface area contributed by atoms with E-state index in [1.807, 2.05) is 64.1 Å². The van der Waals surface area contributed by atoms with Crippen LogP contribution in [0.2, 0.25) is 0 Å². The fourth-order valence-electron chi connectivity index (χ4n) is 5.37. The number of carbonyl (C=O) groups is 2. The zero-order chi connectivity index (χ0) is 29.6. The molecule has 3 aromatic carbocycles. The molecular weight excluding hydrogens is 534 g/mol. The number of hydrogen-bond donors (Lipinski definition) is 1. The molecule has 218 valence electrons. The lowest BCUT2D eigenvalue weighted by atomic mass is 10.1. The highest BCUT2D eigenvalue weighted by Crippen LogP contribution is 2.26. The Morgan fingerprint density at radius 1 is 0.878 bits per heavy atom. The lowest BCUT2D eigenvalue weighted by molar-refractivity contribution is -0.140. The second kappa shape index (κ2) is 13.3. The fourth-order valence-corrected chi connectivity index (χ4v) is 6.79. The maximum Gasteiger partial charge on any atom is 0.264 e. The summed E-state index contributed by atoms with van der Waals surface area (Å²) < 4.78 is 29.1. The minimum absolute atomic E-state index is 0.104. The average molecular weight is 576 g/mol. The van der Waals surface area contributed by atoms with Gasteiger partial charge in [0.2, 0.25) is 11.8 Å². The summed E-state index contributed by atoms with van der Waals surface area (Å²) >= 11 is 0. The number of nitrogens with one attached hydrogen (secondary N) is 1. The molecule has 1 atom stereocenters. The van der Waals surface area contributed by atoms with Gasteiger partial charge in [-0.1, -0.05) is 85.0 Å². The Kier molecular flexibility index (Phi) is 9.86. The van der Waals surface area contributed by atoms with Crippen molar-refractivity contribution in [1.29, 1.82) is 0 Å². The largest absolute Gasteiger partial charge is 0.352 e. The van der Waals surface area contributed by atoms with Crippen LogP contribution in [0.5, 0.6) is 0 Å². The molecule has 0 spiro atoms. The third-order valence-electron chi connectivity index (χ3n) is 7.73. The van der Waals surface area contributed by atoms with Crippen LogP contribution in [0.25, 0.3) is 0 Å². The van der Waals surface area contributed by atoms with Crippen molar-refractivity contribution in [2.75, 3.05) is 10.8 Å². The maximum atomic E-state index is 14.2. The van der Waals surface area contributed by atoms with Crippen LogP contribution >= 0.6 is 0 Å². The third-order valence-corrected chi connectivity index (χ3v) is 9.52. The second-order valence-electron chi connectivity index (χ2n) is 11.1. The summed E-state index contributed by atoms with van der Waals surface area (Å²) in [5, 5.41) is 3.15. The fraction of sp³-hybridized carbons (Fsp3) is 0.394. The molecule has 1 aliphatic rings. The molecule has 0 aromatic heterocycles. The first-order chi connectivity index (χ1) is 19.6. The van der Waals surface area contributed by atoms with E-state index in [0.717, 1.165) is 52.2 Å². The Hall–Kier alpha value is -3.65. The lowest BCUT2D eigenvalue weighted by Crippen LogP contribution is -2.53. The number of sulfonamides is 1. The molecule has 1 saturated carbocycles. The van der Waals surface area contributed by atoms with E-state index in [-0.39, 0.29) is 23.4 Å². The van der Waals surface area contributed by atoms with Crippen LogP contribution < -0.4 is 9.62 Å².